The molecule has 0 aromatic heterocycles. The molecule has 1 aromatic carbocycles. The van der Waals surface area contributed by atoms with E-state index in [0.717, 1.165) is 31.2 Å². The molecule has 1 fully saturated rings. The summed E-state index contributed by atoms with van der Waals surface area (Å²) in [5, 5.41) is 12.5. The number of aromatic hydroxyl groups is 1. The first-order valence-corrected chi connectivity index (χ1v) is 6.48. The Morgan fingerprint density at radius 2 is 2.28 bits per heavy atom. The molecule has 0 spiro atoms. The fourth-order valence-corrected chi connectivity index (χ4v) is 2.39. The number of anilines is 1. The Morgan fingerprint density at radius 3 is 2.89 bits per heavy atom. The van der Waals surface area contributed by atoms with Crippen molar-refractivity contribution in [3.63, 3.8) is 0 Å². The average Bonchev–Trinajstić information content (AvgIpc) is 2.79. The van der Waals surface area contributed by atoms with E-state index in [0.29, 0.717) is 5.69 Å². The lowest BCUT2D eigenvalue weighted by Gasteiger charge is -2.12. The van der Waals surface area contributed by atoms with Gasteiger partial charge in [0.25, 0.3) is 0 Å². The van der Waals surface area contributed by atoms with Gasteiger partial charge in [0, 0.05) is 12.0 Å². The van der Waals surface area contributed by atoms with Crippen molar-refractivity contribution in [1.82, 2.24) is 0 Å². The number of nitrogens with two attached hydrogens (primary N) is 1. The van der Waals surface area contributed by atoms with Crippen molar-refractivity contribution >= 4 is 11.6 Å². The summed E-state index contributed by atoms with van der Waals surface area (Å²) in [7, 11) is 0. The number of carbonyl (C=O) groups excluding carboxylic acids is 1. The lowest BCUT2D eigenvalue weighted by Crippen LogP contribution is -2.23. The van der Waals surface area contributed by atoms with Gasteiger partial charge >= 0.3 is 0 Å². The van der Waals surface area contributed by atoms with Gasteiger partial charge in [0.1, 0.15) is 5.75 Å². The van der Waals surface area contributed by atoms with Crippen LogP contribution in [0.2, 0.25) is 0 Å². The first-order valence-electron chi connectivity index (χ1n) is 6.48. The molecule has 0 saturated heterocycles. The van der Waals surface area contributed by atoms with Crippen LogP contribution in [0.3, 0.4) is 0 Å². The van der Waals surface area contributed by atoms with Gasteiger partial charge in [-0.15, -0.1) is 0 Å². The summed E-state index contributed by atoms with van der Waals surface area (Å²) in [4.78, 5) is 12.0. The first-order chi connectivity index (χ1) is 8.60. The summed E-state index contributed by atoms with van der Waals surface area (Å²) in [6.45, 7) is 2.04. The molecule has 1 amide bonds. The number of hydrogen-bond donors (Lipinski definition) is 3. The largest absolute Gasteiger partial charge is 0.506 e. The second-order valence-electron chi connectivity index (χ2n) is 4.96. The number of rotatable bonds is 3. The highest BCUT2D eigenvalue weighted by atomic mass is 16.3. The molecule has 2 unspecified atom stereocenters. The molecule has 0 heterocycles. The second kappa shape index (κ2) is 5.40. The summed E-state index contributed by atoms with van der Waals surface area (Å²) in [6.07, 6.45) is 3.35. The van der Waals surface area contributed by atoms with Gasteiger partial charge in [0.05, 0.1) is 5.69 Å². The Hall–Kier alpha value is -1.55. The van der Waals surface area contributed by atoms with Crippen molar-refractivity contribution in [3.05, 3.63) is 23.8 Å². The number of benzene rings is 1. The minimum Gasteiger partial charge on any atom is -0.506 e. The van der Waals surface area contributed by atoms with Crippen LogP contribution in [0.25, 0.3) is 0 Å². The van der Waals surface area contributed by atoms with Crippen molar-refractivity contribution in [1.29, 1.82) is 0 Å². The maximum Gasteiger partial charge on any atom is 0.227 e. The van der Waals surface area contributed by atoms with E-state index in [9.17, 15) is 9.90 Å². The van der Waals surface area contributed by atoms with Gasteiger partial charge in [0.2, 0.25) is 5.91 Å². The molecule has 1 saturated carbocycles. The van der Waals surface area contributed by atoms with Crippen molar-refractivity contribution < 1.29 is 9.90 Å². The van der Waals surface area contributed by atoms with Crippen LogP contribution in [0, 0.1) is 5.92 Å². The summed E-state index contributed by atoms with van der Waals surface area (Å²) in [5.74, 6) is 0.0547. The highest BCUT2D eigenvalue weighted by Crippen LogP contribution is 2.29. The van der Waals surface area contributed by atoms with Crippen LogP contribution in [0.5, 0.6) is 5.75 Å². The van der Waals surface area contributed by atoms with Gasteiger partial charge in [-0.3, -0.25) is 4.79 Å². The number of amides is 1. The number of phenols is 1. The molecule has 4 heteroatoms. The Bertz CT molecular complexity index is 445. The number of carbonyl (C=O) groups is 1. The fourth-order valence-electron chi connectivity index (χ4n) is 2.39. The van der Waals surface area contributed by atoms with Crippen molar-refractivity contribution in [2.75, 3.05) is 5.32 Å². The van der Waals surface area contributed by atoms with Crippen molar-refractivity contribution in [2.45, 2.75) is 38.6 Å². The van der Waals surface area contributed by atoms with Gasteiger partial charge < -0.3 is 16.2 Å². The van der Waals surface area contributed by atoms with E-state index in [1.807, 2.05) is 19.1 Å². The van der Waals surface area contributed by atoms with E-state index < -0.39 is 0 Å². The monoisotopic (exact) mass is 248 g/mol. The van der Waals surface area contributed by atoms with Gasteiger partial charge in [-0.1, -0.05) is 13.0 Å². The van der Waals surface area contributed by atoms with Crippen molar-refractivity contribution in [2.24, 2.45) is 11.7 Å². The highest BCUT2D eigenvalue weighted by Gasteiger charge is 2.28. The lowest BCUT2D eigenvalue weighted by molar-refractivity contribution is -0.119. The minimum absolute atomic E-state index is 0.0234. The van der Waals surface area contributed by atoms with Crippen LogP contribution in [0.1, 0.15) is 31.7 Å². The molecule has 1 aliphatic rings. The van der Waals surface area contributed by atoms with E-state index in [4.69, 9.17) is 5.73 Å². The molecule has 0 radical (unpaired) electrons. The maximum absolute atomic E-state index is 12.0. The molecule has 1 aliphatic carbocycles. The number of nitrogens with one attached hydrogen (secondary N) is 1. The fraction of sp³-hybridized carbons (Fsp3) is 0.500. The molecular formula is C14H20N2O2. The SMILES string of the molecule is CCc1ccc(O)c(NC(=O)C2CCC(N)C2)c1. The number of aryl methyl sites for hydroxylation is 1. The molecule has 98 valence electrons. The summed E-state index contributed by atoms with van der Waals surface area (Å²) in [5.41, 5.74) is 7.39. The third-order valence-corrected chi connectivity index (χ3v) is 3.57. The highest BCUT2D eigenvalue weighted by molar-refractivity contribution is 5.94. The topological polar surface area (TPSA) is 75.3 Å². The van der Waals surface area contributed by atoms with Crippen LogP contribution in [0.4, 0.5) is 5.69 Å². The molecule has 2 atom stereocenters. The van der Waals surface area contributed by atoms with Crippen molar-refractivity contribution in [3.8, 4) is 5.75 Å². The Kier molecular flexibility index (Phi) is 3.87. The van der Waals surface area contributed by atoms with E-state index in [1.54, 1.807) is 6.07 Å². The first kappa shape index (κ1) is 12.9. The van der Waals surface area contributed by atoms with E-state index >= 15 is 0 Å². The Balaban J connectivity index is 2.06. The van der Waals surface area contributed by atoms with Crippen LogP contribution in [-0.4, -0.2) is 17.1 Å². The zero-order valence-corrected chi connectivity index (χ0v) is 10.6. The Morgan fingerprint density at radius 1 is 1.50 bits per heavy atom. The standard InChI is InChI=1S/C14H20N2O2/c1-2-9-3-6-13(17)12(7-9)16-14(18)10-4-5-11(15)8-10/h3,6-7,10-11,17H,2,4-5,8,15H2,1H3,(H,16,18). The van der Waals surface area contributed by atoms with Gasteiger partial charge in [-0.25, -0.2) is 0 Å². The quantitative estimate of drug-likeness (QED) is 0.716. The molecule has 2 rings (SSSR count). The predicted molar refractivity (Wildman–Crippen MR) is 71.4 cm³/mol. The molecule has 0 aliphatic heterocycles. The van der Waals surface area contributed by atoms with Gasteiger partial charge in [-0.2, -0.15) is 0 Å². The molecule has 4 N–H and O–H groups in total. The smallest absolute Gasteiger partial charge is 0.227 e. The van der Waals surface area contributed by atoms with Gasteiger partial charge in [0.15, 0.2) is 0 Å². The summed E-state index contributed by atoms with van der Waals surface area (Å²) in [6, 6.07) is 5.43. The zero-order chi connectivity index (χ0) is 13.1. The average molecular weight is 248 g/mol. The minimum atomic E-state index is -0.0356. The summed E-state index contributed by atoms with van der Waals surface area (Å²) < 4.78 is 0. The molecule has 4 nitrogen and oxygen atoms in total. The van der Waals surface area contributed by atoms with E-state index in [2.05, 4.69) is 5.32 Å². The molecule has 18 heavy (non-hydrogen) atoms. The van der Waals surface area contributed by atoms with Crippen LogP contribution < -0.4 is 11.1 Å². The molecular weight excluding hydrogens is 228 g/mol. The Labute approximate surface area is 107 Å². The zero-order valence-electron chi connectivity index (χ0n) is 10.6. The third-order valence-electron chi connectivity index (χ3n) is 3.57. The lowest BCUT2D eigenvalue weighted by atomic mass is 10.1. The second-order valence-corrected chi connectivity index (χ2v) is 4.96. The third kappa shape index (κ3) is 2.82. The number of hydrogen-bond acceptors (Lipinski definition) is 3. The molecule has 0 bridgehead atoms. The predicted octanol–water partition coefficient (Wildman–Crippen LogP) is 2.02. The van der Waals surface area contributed by atoms with Crippen LogP contribution >= 0.6 is 0 Å². The van der Waals surface area contributed by atoms with Crippen LogP contribution in [-0.2, 0) is 11.2 Å². The number of phenolic OH excluding ortho intramolecular Hbond substituents is 1. The van der Waals surface area contributed by atoms with Gasteiger partial charge in [-0.05, 0) is 43.4 Å². The summed E-state index contributed by atoms with van der Waals surface area (Å²) >= 11 is 0. The maximum atomic E-state index is 12.0. The van der Waals surface area contributed by atoms with Crippen LogP contribution in [0.15, 0.2) is 18.2 Å². The van der Waals surface area contributed by atoms with E-state index in [1.165, 1.54) is 0 Å². The van der Waals surface area contributed by atoms with E-state index in [-0.39, 0.29) is 23.6 Å². The normalized spacial score (nSPS) is 23.0. The molecule has 1 aromatic rings.